The summed E-state index contributed by atoms with van der Waals surface area (Å²) < 4.78 is 5.86. The number of rotatable bonds is 2. The highest BCUT2D eigenvalue weighted by atomic mass is 16.5. The second kappa shape index (κ2) is 6.07. The molecule has 1 aliphatic heterocycles. The van der Waals surface area contributed by atoms with Gasteiger partial charge < -0.3 is 4.74 Å². The Morgan fingerprint density at radius 2 is 1.18 bits per heavy atom. The van der Waals surface area contributed by atoms with Crippen LogP contribution in [0.5, 0.6) is 0 Å². The molecule has 0 spiro atoms. The molecule has 0 N–H and O–H groups in total. The maximum Gasteiger partial charge on any atom is 0.134 e. The molecule has 0 saturated carbocycles. The first kappa shape index (κ1) is 14.4. The van der Waals surface area contributed by atoms with E-state index in [4.69, 9.17) is 4.74 Å². The highest BCUT2D eigenvalue weighted by molar-refractivity contribution is 5.84. The minimum atomic E-state index is 0.878. The Hall–Kier alpha value is -2.54. The Morgan fingerprint density at radius 3 is 1.77 bits per heavy atom. The van der Waals surface area contributed by atoms with Crippen LogP contribution >= 0.6 is 0 Å². The van der Waals surface area contributed by atoms with Crippen molar-refractivity contribution >= 4 is 11.3 Å². The molecule has 1 heteroatoms. The normalized spacial score (nSPS) is 14.4. The molecule has 2 aromatic carbocycles. The van der Waals surface area contributed by atoms with Crippen LogP contribution in [0.15, 0.2) is 72.5 Å². The number of aryl methyl sites for hydroxylation is 2. The van der Waals surface area contributed by atoms with Gasteiger partial charge in [0.25, 0.3) is 0 Å². The number of hydrogen-bond acceptors (Lipinski definition) is 1. The van der Waals surface area contributed by atoms with Crippen molar-refractivity contribution in [2.75, 3.05) is 0 Å². The van der Waals surface area contributed by atoms with Gasteiger partial charge in [-0.05, 0) is 49.6 Å². The van der Waals surface area contributed by atoms with E-state index in [0.29, 0.717) is 0 Å². The molecule has 2 aromatic rings. The Balaban J connectivity index is 2.03. The minimum Gasteiger partial charge on any atom is -0.464 e. The second-order valence-corrected chi connectivity index (χ2v) is 5.82. The molecule has 0 fully saturated rings. The zero-order valence-corrected chi connectivity index (χ0v) is 13.3. The molecule has 0 bridgehead atoms. The molecule has 1 heterocycles. The van der Waals surface area contributed by atoms with Crippen molar-refractivity contribution in [2.45, 2.75) is 20.8 Å². The van der Waals surface area contributed by atoms with Gasteiger partial charge in [0.1, 0.15) is 5.76 Å². The monoisotopic (exact) mass is 288 g/mol. The van der Waals surface area contributed by atoms with E-state index in [2.05, 4.69) is 81.5 Å². The third kappa shape index (κ3) is 3.20. The van der Waals surface area contributed by atoms with Gasteiger partial charge in [-0.1, -0.05) is 59.7 Å². The summed E-state index contributed by atoms with van der Waals surface area (Å²) in [5.41, 5.74) is 7.09. The Labute approximate surface area is 132 Å². The van der Waals surface area contributed by atoms with Crippen molar-refractivity contribution in [1.82, 2.24) is 0 Å². The lowest BCUT2D eigenvalue weighted by molar-refractivity contribution is 0.434. The van der Waals surface area contributed by atoms with Gasteiger partial charge in [0, 0.05) is 5.56 Å². The summed E-state index contributed by atoms with van der Waals surface area (Å²) in [6, 6.07) is 17.0. The van der Waals surface area contributed by atoms with Crippen LogP contribution in [-0.2, 0) is 4.74 Å². The van der Waals surface area contributed by atoms with Crippen LogP contribution in [0.1, 0.15) is 29.2 Å². The predicted octanol–water partition coefficient (Wildman–Crippen LogP) is 5.66. The summed E-state index contributed by atoms with van der Waals surface area (Å²) in [4.78, 5) is 0. The molecule has 0 atom stereocenters. The van der Waals surface area contributed by atoms with Crippen LogP contribution in [0.4, 0.5) is 0 Å². The van der Waals surface area contributed by atoms with Gasteiger partial charge in [0.05, 0.1) is 6.26 Å². The van der Waals surface area contributed by atoms with Gasteiger partial charge in [-0.2, -0.15) is 0 Å². The van der Waals surface area contributed by atoms with E-state index in [9.17, 15) is 0 Å². The van der Waals surface area contributed by atoms with Crippen LogP contribution in [0, 0.1) is 13.8 Å². The molecule has 0 saturated heterocycles. The summed E-state index contributed by atoms with van der Waals surface area (Å²) in [7, 11) is 0. The lowest BCUT2D eigenvalue weighted by atomic mass is 10.0. The van der Waals surface area contributed by atoms with Crippen LogP contribution in [0.25, 0.3) is 11.3 Å². The molecular weight excluding hydrogens is 268 g/mol. The van der Waals surface area contributed by atoms with E-state index in [1.807, 2.05) is 6.26 Å². The van der Waals surface area contributed by atoms with Crippen molar-refractivity contribution in [1.29, 1.82) is 0 Å². The number of hydrogen-bond donors (Lipinski definition) is 0. The maximum absolute atomic E-state index is 5.86. The molecule has 0 aromatic heterocycles. The van der Waals surface area contributed by atoms with Crippen molar-refractivity contribution in [3.8, 4) is 0 Å². The molecule has 22 heavy (non-hydrogen) atoms. The Morgan fingerprint density at radius 1 is 0.636 bits per heavy atom. The standard InChI is InChI=1S/C21H20O/c1-15-4-8-18(9-5-15)20-12-17(3)14-22-21(13-20)19-10-6-16(2)7-11-19/h4-14H,1-3H3. The quantitative estimate of drug-likeness (QED) is 0.692. The van der Waals surface area contributed by atoms with Crippen molar-refractivity contribution in [3.63, 3.8) is 0 Å². The van der Waals surface area contributed by atoms with Crippen LogP contribution in [-0.4, -0.2) is 0 Å². The fourth-order valence-corrected chi connectivity index (χ4v) is 2.43. The lowest BCUT2D eigenvalue weighted by Crippen LogP contribution is -1.88. The molecule has 110 valence electrons. The van der Waals surface area contributed by atoms with Crippen molar-refractivity contribution in [3.05, 3.63) is 94.8 Å². The van der Waals surface area contributed by atoms with Crippen LogP contribution < -0.4 is 0 Å². The Bertz CT molecular complexity index is 757. The largest absolute Gasteiger partial charge is 0.464 e. The molecule has 0 radical (unpaired) electrons. The summed E-state index contributed by atoms with van der Waals surface area (Å²) in [6.45, 7) is 6.25. The molecule has 0 unspecified atom stereocenters. The summed E-state index contributed by atoms with van der Waals surface area (Å²) >= 11 is 0. The highest BCUT2D eigenvalue weighted by Crippen LogP contribution is 2.28. The number of ether oxygens (including phenoxy) is 1. The molecule has 0 aliphatic carbocycles. The average molecular weight is 288 g/mol. The van der Waals surface area contributed by atoms with E-state index in [1.54, 1.807) is 0 Å². The topological polar surface area (TPSA) is 9.23 Å². The average Bonchev–Trinajstić information content (AvgIpc) is 2.71. The van der Waals surface area contributed by atoms with E-state index in [-0.39, 0.29) is 0 Å². The third-order valence-electron chi connectivity index (χ3n) is 3.76. The highest BCUT2D eigenvalue weighted by Gasteiger charge is 2.09. The summed E-state index contributed by atoms with van der Waals surface area (Å²) in [6.07, 6.45) is 6.08. The maximum atomic E-state index is 5.86. The first-order valence-electron chi connectivity index (χ1n) is 7.53. The zero-order chi connectivity index (χ0) is 15.5. The second-order valence-electron chi connectivity index (χ2n) is 5.82. The third-order valence-corrected chi connectivity index (χ3v) is 3.76. The van der Waals surface area contributed by atoms with Gasteiger partial charge in [-0.15, -0.1) is 0 Å². The summed E-state index contributed by atoms with van der Waals surface area (Å²) in [5, 5.41) is 0. The molecular formula is C21H20O. The number of allylic oxidation sites excluding steroid dienone is 4. The van der Waals surface area contributed by atoms with E-state index < -0.39 is 0 Å². The zero-order valence-electron chi connectivity index (χ0n) is 13.3. The van der Waals surface area contributed by atoms with Gasteiger partial charge >= 0.3 is 0 Å². The molecule has 1 nitrogen and oxygen atoms in total. The van der Waals surface area contributed by atoms with Gasteiger partial charge in [-0.3, -0.25) is 0 Å². The smallest absolute Gasteiger partial charge is 0.134 e. The first-order valence-corrected chi connectivity index (χ1v) is 7.53. The number of benzene rings is 2. The van der Waals surface area contributed by atoms with Crippen molar-refractivity contribution in [2.24, 2.45) is 0 Å². The van der Waals surface area contributed by atoms with E-state index >= 15 is 0 Å². The predicted molar refractivity (Wildman–Crippen MR) is 93.2 cm³/mol. The van der Waals surface area contributed by atoms with Gasteiger partial charge in [-0.25, -0.2) is 0 Å². The van der Waals surface area contributed by atoms with Gasteiger partial charge in [0.2, 0.25) is 0 Å². The van der Waals surface area contributed by atoms with Crippen molar-refractivity contribution < 1.29 is 4.74 Å². The Kier molecular flexibility index (Phi) is 3.97. The lowest BCUT2D eigenvalue weighted by Gasteiger charge is -2.08. The fourth-order valence-electron chi connectivity index (χ4n) is 2.43. The molecule has 0 amide bonds. The molecule has 1 aliphatic rings. The molecule has 3 rings (SSSR count). The minimum absolute atomic E-state index is 0.878. The van der Waals surface area contributed by atoms with Crippen LogP contribution in [0.3, 0.4) is 0 Å². The summed E-state index contributed by atoms with van der Waals surface area (Å²) in [5.74, 6) is 0.878. The van der Waals surface area contributed by atoms with Crippen LogP contribution in [0.2, 0.25) is 0 Å². The first-order chi connectivity index (χ1) is 10.6. The van der Waals surface area contributed by atoms with E-state index in [0.717, 1.165) is 16.9 Å². The fraction of sp³-hybridized carbons (Fsp3) is 0.143. The SMILES string of the molecule is CC1=COC(c2ccc(C)cc2)=CC(c2ccc(C)cc2)=C1. The van der Waals surface area contributed by atoms with E-state index in [1.165, 1.54) is 22.3 Å². The van der Waals surface area contributed by atoms with Gasteiger partial charge in [0.15, 0.2) is 0 Å².